The van der Waals surface area contributed by atoms with E-state index in [1.807, 2.05) is 200 Å². The first kappa shape index (κ1) is 97.6. The summed E-state index contributed by atoms with van der Waals surface area (Å²) in [5.41, 5.74) is 4.14. The van der Waals surface area contributed by atoms with Gasteiger partial charge >= 0.3 is 30.3 Å². The second-order valence-corrected chi connectivity index (χ2v) is 32.0. The molecule has 0 radical (unpaired) electrons. The van der Waals surface area contributed by atoms with Gasteiger partial charge in [0.05, 0.1) is 0 Å². The number of nitrogens with zero attached hydrogens (tertiary/aromatic N) is 5. The number of aryl methyl sites for hydroxylation is 4. The molecule has 5 aliphatic rings. The van der Waals surface area contributed by atoms with Crippen LogP contribution < -0.4 is 47.9 Å². The van der Waals surface area contributed by atoms with E-state index in [-0.39, 0.29) is 121 Å². The molecule has 5 saturated heterocycles. The van der Waals surface area contributed by atoms with Crippen molar-refractivity contribution in [2.45, 2.75) is 216 Å². The molecule has 0 bridgehead atoms. The Morgan fingerprint density at radius 2 is 0.598 bits per heavy atom. The fraction of sp³-hybridized carbons (Fsp3) is 0.545. The number of rotatable bonds is 18. The molecule has 5 aromatic rings. The predicted molar refractivity (Wildman–Crippen MR) is 460 cm³/mol. The Morgan fingerprint density at radius 1 is 0.359 bits per heavy atom. The van der Waals surface area contributed by atoms with Gasteiger partial charge < -0.3 is 72.4 Å². The minimum atomic E-state index is -5.02. The smallest absolute Gasteiger partial charge is 0.343 e. The van der Waals surface area contributed by atoms with E-state index in [4.69, 9.17) is 0 Å². The third-order valence-electron chi connectivity index (χ3n) is 21.3. The first-order valence-electron chi connectivity index (χ1n) is 41.1. The monoisotopic (exact) mass is 1650 g/mol. The lowest BCUT2D eigenvalue weighted by Crippen LogP contribution is -2.48. The number of piperidine rings is 5. The fourth-order valence-corrected chi connectivity index (χ4v) is 13.6. The van der Waals surface area contributed by atoms with Crippen LogP contribution >= 0.6 is 13.5 Å². The lowest BCUT2D eigenvalue weighted by Gasteiger charge is -2.33. The van der Waals surface area contributed by atoms with Crippen molar-refractivity contribution in [1.29, 1.82) is 0 Å². The SMILES string of the molecule is CCC(=O)N1CCC(NC(=O)Nc2ccc(C(C)(F)C(F)(F)F)cc2)CC1.CC[C@H](C)C(=O)N1CCC(CC(=O)Nc2ccc(C)cc2)CC1.Cc1ccc(NC(=O)NC2CCN(C(=O)C(C)C)CC2)cc1.Cc1ccc(NC(=O)NC2CCN(C(=O)C(C)C)CC2)cc1.Cc1ccc(NC(=O)NC2CCN(C(=O)C(C)C)CC2)cc1.S. The molecule has 0 saturated carbocycles. The van der Waals surface area contributed by atoms with Crippen LogP contribution in [-0.2, 0) is 34.4 Å². The van der Waals surface area contributed by atoms with Crippen molar-refractivity contribution in [3.8, 4) is 0 Å². The van der Waals surface area contributed by atoms with Gasteiger partial charge in [0.25, 0.3) is 0 Å². The van der Waals surface area contributed by atoms with E-state index in [9.17, 15) is 65.5 Å². The van der Waals surface area contributed by atoms with E-state index < -0.39 is 23.4 Å². The summed E-state index contributed by atoms with van der Waals surface area (Å²) < 4.78 is 52.0. The number of hydrogen-bond acceptors (Lipinski definition) is 10. The lowest BCUT2D eigenvalue weighted by atomic mass is 9.92. The van der Waals surface area contributed by atoms with E-state index in [0.29, 0.717) is 90.9 Å². The summed E-state index contributed by atoms with van der Waals surface area (Å²) in [7, 11) is 0. The highest BCUT2D eigenvalue weighted by atomic mass is 32.1. The number of likely N-dealkylation sites (tertiary alicyclic amines) is 5. The normalized spacial score (nSPS) is 16.3. The summed E-state index contributed by atoms with van der Waals surface area (Å²) in [6.45, 7) is 32.8. The number of carbonyl (C=O) groups excluding carboxylic acids is 10. The minimum Gasteiger partial charge on any atom is -0.343 e. The number of amides is 14. The first-order chi connectivity index (χ1) is 54.9. The van der Waals surface area contributed by atoms with E-state index in [1.165, 1.54) is 17.7 Å². The number of urea groups is 4. The third kappa shape index (κ3) is 33.5. The second kappa shape index (κ2) is 48.1. The van der Waals surface area contributed by atoms with E-state index >= 15 is 0 Å². The quantitative estimate of drug-likeness (QED) is 0.0374. The average Bonchev–Trinajstić information content (AvgIpc) is 0.795. The molecule has 117 heavy (non-hydrogen) atoms. The van der Waals surface area contributed by atoms with Crippen molar-refractivity contribution in [2.75, 3.05) is 92.0 Å². The molecule has 0 aromatic heterocycles. The molecule has 1 unspecified atom stereocenters. The molecular formula is C88H128F4N14O10S. The maximum Gasteiger partial charge on any atom is 0.426 e. The van der Waals surface area contributed by atoms with Crippen molar-refractivity contribution in [3.05, 3.63) is 149 Å². The summed E-state index contributed by atoms with van der Waals surface area (Å²) in [5.74, 6) is 1.59. The van der Waals surface area contributed by atoms with Gasteiger partial charge in [-0.3, -0.25) is 28.8 Å². The molecule has 5 fully saturated rings. The van der Waals surface area contributed by atoms with Gasteiger partial charge in [-0.2, -0.15) is 26.7 Å². The van der Waals surface area contributed by atoms with Crippen molar-refractivity contribution >= 4 is 102 Å². The summed E-state index contributed by atoms with van der Waals surface area (Å²) >= 11 is 0. The maximum atomic E-state index is 13.9. The van der Waals surface area contributed by atoms with E-state index in [0.717, 1.165) is 122 Å². The van der Waals surface area contributed by atoms with Crippen LogP contribution in [0.25, 0.3) is 0 Å². The van der Waals surface area contributed by atoms with Gasteiger partial charge in [0.15, 0.2) is 0 Å². The van der Waals surface area contributed by atoms with Gasteiger partial charge in [0.2, 0.25) is 41.1 Å². The summed E-state index contributed by atoms with van der Waals surface area (Å²) in [6.07, 6.45) is 4.78. The molecule has 9 N–H and O–H groups in total. The molecular weight excluding hydrogens is 1520 g/mol. The molecule has 29 heteroatoms. The van der Waals surface area contributed by atoms with Crippen LogP contribution in [0.1, 0.15) is 181 Å². The van der Waals surface area contributed by atoms with Gasteiger partial charge in [0, 0.05) is 155 Å². The largest absolute Gasteiger partial charge is 0.426 e. The molecule has 5 heterocycles. The van der Waals surface area contributed by atoms with Gasteiger partial charge in [-0.15, -0.1) is 0 Å². The van der Waals surface area contributed by atoms with Crippen molar-refractivity contribution < 1.29 is 65.5 Å². The molecule has 0 aliphatic carbocycles. The highest BCUT2D eigenvalue weighted by Gasteiger charge is 2.53. The highest BCUT2D eigenvalue weighted by molar-refractivity contribution is 7.59. The Balaban J connectivity index is 0.000000261. The van der Waals surface area contributed by atoms with Gasteiger partial charge in [-0.05, 0) is 177 Å². The van der Waals surface area contributed by atoms with Crippen LogP contribution in [0.5, 0.6) is 0 Å². The van der Waals surface area contributed by atoms with Crippen LogP contribution in [0.2, 0.25) is 0 Å². The second-order valence-electron chi connectivity index (χ2n) is 32.0. The van der Waals surface area contributed by atoms with Gasteiger partial charge in [0.1, 0.15) is 0 Å². The Morgan fingerprint density at radius 3 is 0.846 bits per heavy atom. The molecule has 644 valence electrons. The third-order valence-corrected chi connectivity index (χ3v) is 21.3. The summed E-state index contributed by atoms with van der Waals surface area (Å²) in [5, 5.41) is 25.7. The van der Waals surface area contributed by atoms with Gasteiger partial charge in [-0.1, -0.05) is 145 Å². The molecule has 5 aliphatic heterocycles. The predicted octanol–water partition coefficient (Wildman–Crippen LogP) is 16.0. The number of halogens is 4. The van der Waals surface area contributed by atoms with Crippen LogP contribution in [0.15, 0.2) is 121 Å². The highest BCUT2D eigenvalue weighted by Crippen LogP contribution is 2.42. The maximum absolute atomic E-state index is 13.9. The zero-order chi connectivity index (χ0) is 85.4. The first-order valence-corrected chi connectivity index (χ1v) is 41.1. The molecule has 5 aromatic carbocycles. The van der Waals surface area contributed by atoms with E-state index in [1.54, 1.807) is 11.8 Å². The standard InChI is InChI=1S/C19H28N2O2.C18H23F4N3O2.3C17H25N3O2.H2S/c1-4-15(3)19(23)21-11-9-16(10-12-21)13-18(22)20-17-7-5-14(2)6-8-17;1-3-15(26)25-10-8-14(9-11-25)24-16(27)23-13-6-4-12(5-7-13)17(2,19)18(20,21)22;3*1-12(2)16(21)20-10-8-15(9-11-20)19-17(22)18-14-6-4-13(3)5-7-14;/h5-8,15-16H,4,9-13H2,1-3H3,(H,20,22);4-7,14H,3,8-11H2,1-2H3,(H2,23,24,27);3*4-7,12,15H,8-11H2,1-3H3,(H2,18,19,22);1H2/t15-;;;;;/m0...../s1. The Labute approximate surface area is 696 Å². The van der Waals surface area contributed by atoms with E-state index in [2.05, 4.69) is 47.9 Å². The Hall–Kier alpha value is -9.93. The minimum absolute atomic E-state index is 0. The number of hydrogen-bond donors (Lipinski definition) is 9. The summed E-state index contributed by atoms with van der Waals surface area (Å²) in [4.78, 5) is 129. The zero-order valence-electron chi connectivity index (χ0n) is 70.8. The number of nitrogens with one attached hydrogen (secondary N) is 9. The molecule has 2 atom stereocenters. The van der Waals surface area contributed by atoms with Crippen molar-refractivity contribution in [2.24, 2.45) is 29.6 Å². The lowest BCUT2D eigenvalue weighted by molar-refractivity contribution is -0.228. The summed E-state index contributed by atoms with van der Waals surface area (Å²) in [6, 6.07) is 34.6. The molecule has 0 spiro atoms. The average molecular weight is 1650 g/mol. The zero-order valence-corrected chi connectivity index (χ0v) is 71.8. The van der Waals surface area contributed by atoms with Crippen LogP contribution in [0, 0.1) is 57.3 Å². The number of benzene rings is 5. The van der Waals surface area contributed by atoms with Crippen LogP contribution in [0.3, 0.4) is 0 Å². The van der Waals surface area contributed by atoms with Crippen molar-refractivity contribution in [3.63, 3.8) is 0 Å². The Bertz CT molecular complexity index is 3720. The van der Waals surface area contributed by atoms with Crippen LogP contribution in [-0.4, -0.2) is 180 Å². The fourth-order valence-electron chi connectivity index (χ4n) is 13.6. The van der Waals surface area contributed by atoms with Crippen molar-refractivity contribution in [1.82, 2.24) is 45.8 Å². The molecule has 14 amide bonds. The number of carbonyl (C=O) groups is 10. The van der Waals surface area contributed by atoms with Crippen LogP contribution in [0.4, 0.5) is 65.2 Å². The Kier molecular flexibility index (Phi) is 40.1. The molecule has 24 nitrogen and oxygen atoms in total. The topological polar surface area (TPSA) is 295 Å². The van der Waals surface area contributed by atoms with Gasteiger partial charge in [-0.25, -0.2) is 23.6 Å². The number of alkyl halides is 4. The molecule has 10 rings (SSSR count). The number of anilines is 5.